The fourth-order valence-corrected chi connectivity index (χ4v) is 2.33. The summed E-state index contributed by atoms with van der Waals surface area (Å²) in [5, 5.41) is 3.43. The molecule has 1 aromatic heterocycles. The number of likely N-dealkylation sites (N-methyl/N-ethyl adjacent to an activating group) is 1. The SMILES string of the molecule is CN(CCc1ccccn1)CCC1CCNC1. The number of hydrogen-bond acceptors (Lipinski definition) is 3. The fourth-order valence-electron chi connectivity index (χ4n) is 2.33. The van der Waals surface area contributed by atoms with Crippen LogP contribution >= 0.6 is 0 Å². The van der Waals surface area contributed by atoms with Gasteiger partial charge in [0.15, 0.2) is 0 Å². The predicted molar refractivity (Wildman–Crippen MR) is 71.0 cm³/mol. The molecule has 3 heteroatoms. The van der Waals surface area contributed by atoms with Crippen molar-refractivity contribution in [3.8, 4) is 0 Å². The van der Waals surface area contributed by atoms with E-state index in [2.05, 4.69) is 34.4 Å². The first-order chi connectivity index (χ1) is 8.34. The number of aromatic nitrogens is 1. The Morgan fingerprint density at radius 1 is 1.41 bits per heavy atom. The van der Waals surface area contributed by atoms with Gasteiger partial charge in [0.25, 0.3) is 0 Å². The molecule has 17 heavy (non-hydrogen) atoms. The Morgan fingerprint density at radius 2 is 2.35 bits per heavy atom. The van der Waals surface area contributed by atoms with E-state index in [0.29, 0.717) is 0 Å². The second-order valence-electron chi connectivity index (χ2n) is 5.02. The molecular formula is C14H23N3. The average molecular weight is 233 g/mol. The lowest BCUT2D eigenvalue weighted by atomic mass is 10.1. The molecule has 3 nitrogen and oxygen atoms in total. The Labute approximate surface area is 104 Å². The highest BCUT2D eigenvalue weighted by atomic mass is 15.1. The van der Waals surface area contributed by atoms with Gasteiger partial charge in [-0.25, -0.2) is 0 Å². The molecule has 1 fully saturated rings. The molecule has 0 aliphatic carbocycles. The van der Waals surface area contributed by atoms with E-state index in [1.54, 1.807) is 0 Å². The maximum Gasteiger partial charge on any atom is 0.0416 e. The molecule has 1 unspecified atom stereocenters. The smallest absolute Gasteiger partial charge is 0.0416 e. The van der Waals surface area contributed by atoms with Gasteiger partial charge < -0.3 is 10.2 Å². The zero-order valence-electron chi connectivity index (χ0n) is 10.7. The van der Waals surface area contributed by atoms with Gasteiger partial charge in [-0.2, -0.15) is 0 Å². The number of nitrogens with one attached hydrogen (secondary N) is 1. The lowest BCUT2D eigenvalue weighted by Crippen LogP contribution is -2.25. The largest absolute Gasteiger partial charge is 0.316 e. The Bertz CT molecular complexity index is 307. The molecule has 94 valence electrons. The highest BCUT2D eigenvalue weighted by molar-refractivity contribution is 5.03. The Hall–Kier alpha value is -0.930. The van der Waals surface area contributed by atoms with Gasteiger partial charge >= 0.3 is 0 Å². The van der Waals surface area contributed by atoms with Crippen molar-refractivity contribution in [1.29, 1.82) is 0 Å². The number of nitrogens with zero attached hydrogens (tertiary/aromatic N) is 2. The standard InChI is InChI=1S/C14H23N3/c1-17(10-6-13-5-9-15-12-13)11-7-14-4-2-3-8-16-14/h2-4,8,13,15H,5-7,9-12H2,1H3. The van der Waals surface area contributed by atoms with E-state index in [4.69, 9.17) is 0 Å². The monoisotopic (exact) mass is 233 g/mol. The van der Waals surface area contributed by atoms with E-state index in [1.807, 2.05) is 12.3 Å². The molecule has 1 saturated heterocycles. The number of pyridine rings is 1. The van der Waals surface area contributed by atoms with Gasteiger partial charge in [-0.1, -0.05) is 6.07 Å². The van der Waals surface area contributed by atoms with Crippen molar-refractivity contribution >= 4 is 0 Å². The summed E-state index contributed by atoms with van der Waals surface area (Å²) in [6, 6.07) is 6.14. The van der Waals surface area contributed by atoms with Gasteiger partial charge in [0.2, 0.25) is 0 Å². The van der Waals surface area contributed by atoms with Crippen molar-refractivity contribution < 1.29 is 0 Å². The van der Waals surface area contributed by atoms with Crippen molar-refractivity contribution in [2.24, 2.45) is 5.92 Å². The van der Waals surface area contributed by atoms with E-state index in [0.717, 1.165) is 18.9 Å². The maximum atomic E-state index is 4.35. The maximum absolute atomic E-state index is 4.35. The molecule has 1 aliphatic heterocycles. The van der Waals surface area contributed by atoms with Crippen molar-refractivity contribution in [3.05, 3.63) is 30.1 Å². The molecule has 0 spiro atoms. The van der Waals surface area contributed by atoms with Crippen molar-refractivity contribution in [3.63, 3.8) is 0 Å². The molecule has 1 aliphatic rings. The Balaban J connectivity index is 1.62. The normalized spacial score (nSPS) is 20.0. The van der Waals surface area contributed by atoms with Crippen LogP contribution in [0, 0.1) is 5.92 Å². The molecule has 1 atom stereocenters. The van der Waals surface area contributed by atoms with Crippen LogP contribution in [0.5, 0.6) is 0 Å². The minimum atomic E-state index is 0.896. The van der Waals surface area contributed by atoms with Crippen LogP contribution in [0.4, 0.5) is 0 Å². The third kappa shape index (κ3) is 4.44. The Morgan fingerprint density at radius 3 is 3.06 bits per heavy atom. The highest BCUT2D eigenvalue weighted by Crippen LogP contribution is 2.12. The van der Waals surface area contributed by atoms with Crippen LogP contribution in [-0.4, -0.2) is 43.1 Å². The molecule has 1 N–H and O–H groups in total. The van der Waals surface area contributed by atoms with Gasteiger partial charge in [-0.05, 0) is 57.6 Å². The second-order valence-corrected chi connectivity index (χ2v) is 5.02. The molecule has 0 amide bonds. The Kier molecular flexibility index (Phi) is 4.95. The lowest BCUT2D eigenvalue weighted by molar-refractivity contribution is 0.307. The summed E-state index contributed by atoms with van der Waals surface area (Å²) >= 11 is 0. The van der Waals surface area contributed by atoms with Crippen molar-refractivity contribution in [2.75, 3.05) is 33.2 Å². The molecule has 2 rings (SSSR count). The van der Waals surface area contributed by atoms with Crippen LogP contribution in [0.2, 0.25) is 0 Å². The summed E-state index contributed by atoms with van der Waals surface area (Å²) in [5.41, 5.74) is 1.20. The van der Waals surface area contributed by atoms with E-state index in [-0.39, 0.29) is 0 Å². The average Bonchev–Trinajstić information content (AvgIpc) is 2.88. The van der Waals surface area contributed by atoms with Crippen LogP contribution < -0.4 is 5.32 Å². The van der Waals surface area contributed by atoms with Gasteiger partial charge in [0, 0.05) is 24.9 Å². The molecule has 0 radical (unpaired) electrons. The molecule has 0 saturated carbocycles. The fraction of sp³-hybridized carbons (Fsp3) is 0.643. The van der Waals surface area contributed by atoms with Gasteiger partial charge in [0.05, 0.1) is 0 Å². The quantitative estimate of drug-likeness (QED) is 0.808. The number of rotatable bonds is 6. The van der Waals surface area contributed by atoms with E-state index >= 15 is 0 Å². The summed E-state index contributed by atoms with van der Waals surface area (Å²) in [7, 11) is 2.21. The van der Waals surface area contributed by atoms with Crippen LogP contribution in [0.3, 0.4) is 0 Å². The third-order valence-corrected chi connectivity index (χ3v) is 3.56. The summed E-state index contributed by atoms with van der Waals surface area (Å²) < 4.78 is 0. The zero-order chi connectivity index (χ0) is 11.9. The lowest BCUT2D eigenvalue weighted by Gasteiger charge is -2.18. The first-order valence-electron chi connectivity index (χ1n) is 6.64. The molecule has 2 heterocycles. The number of hydrogen-bond donors (Lipinski definition) is 1. The first-order valence-corrected chi connectivity index (χ1v) is 6.64. The van der Waals surface area contributed by atoms with Crippen LogP contribution in [0.25, 0.3) is 0 Å². The third-order valence-electron chi connectivity index (χ3n) is 3.56. The minimum Gasteiger partial charge on any atom is -0.316 e. The highest BCUT2D eigenvalue weighted by Gasteiger charge is 2.14. The van der Waals surface area contributed by atoms with E-state index in [1.165, 1.54) is 38.2 Å². The van der Waals surface area contributed by atoms with Gasteiger partial charge in [0.1, 0.15) is 0 Å². The van der Waals surface area contributed by atoms with Crippen LogP contribution in [-0.2, 0) is 6.42 Å². The van der Waals surface area contributed by atoms with Gasteiger partial charge in [-0.15, -0.1) is 0 Å². The molecule has 1 aromatic rings. The summed E-state index contributed by atoms with van der Waals surface area (Å²) in [6.07, 6.45) is 5.61. The van der Waals surface area contributed by atoms with E-state index < -0.39 is 0 Å². The molecule has 0 aromatic carbocycles. The van der Waals surface area contributed by atoms with Gasteiger partial charge in [-0.3, -0.25) is 4.98 Å². The summed E-state index contributed by atoms with van der Waals surface area (Å²) in [5.74, 6) is 0.896. The minimum absolute atomic E-state index is 0.896. The predicted octanol–water partition coefficient (Wildman–Crippen LogP) is 1.56. The molecular weight excluding hydrogens is 210 g/mol. The van der Waals surface area contributed by atoms with Crippen molar-refractivity contribution in [1.82, 2.24) is 15.2 Å². The zero-order valence-corrected chi connectivity index (χ0v) is 10.7. The van der Waals surface area contributed by atoms with Crippen molar-refractivity contribution in [2.45, 2.75) is 19.3 Å². The van der Waals surface area contributed by atoms with Crippen LogP contribution in [0.15, 0.2) is 24.4 Å². The molecule has 0 bridgehead atoms. The first kappa shape index (κ1) is 12.5. The van der Waals surface area contributed by atoms with Crippen LogP contribution in [0.1, 0.15) is 18.5 Å². The second kappa shape index (κ2) is 6.72. The summed E-state index contributed by atoms with van der Waals surface area (Å²) in [6.45, 7) is 4.74. The topological polar surface area (TPSA) is 28.2 Å². The van der Waals surface area contributed by atoms with E-state index in [9.17, 15) is 0 Å². The summed E-state index contributed by atoms with van der Waals surface area (Å²) in [4.78, 5) is 6.78.